The molecule has 3 heterocycles. The van der Waals surface area contributed by atoms with Crippen LogP contribution in [-0.2, 0) is 0 Å². The van der Waals surface area contributed by atoms with Crippen molar-refractivity contribution in [2.45, 2.75) is 0 Å². The number of hydrogen-bond acceptors (Lipinski definition) is 5. The number of rotatable bonds is 2. The first kappa shape index (κ1) is 15.2. The van der Waals surface area contributed by atoms with Gasteiger partial charge in [-0.25, -0.2) is 4.98 Å². The van der Waals surface area contributed by atoms with Crippen molar-refractivity contribution in [3.63, 3.8) is 0 Å². The summed E-state index contributed by atoms with van der Waals surface area (Å²) in [5, 5.41) is 18.0. The second-order valence-corrected chi connectivity index (χ2v) is 6.88. The minimum absolute atomic E-state index is 0.216. The van der Waals surface area contributed by atoms with Crippen LogP contribution >= 0.6 is 0 Å². The van der Waals surface area contributed by atoms with Gasteiger partial charge in [-0.05, 0) is 43.4 Å². The maximum atomic E-state index is 9.78. The number of imidazole rings is 1. The largest absolute Gasteiger partial charge is 0.508 e. The van der Waals surface area contributed by atoms with Crippen LogP contribution in [0.1, 0.15) is 0 Å². The van der Waals surface area contributed by atoms with Crippen molar-refractivity contribution in [1.82, 2.24) is 25.1 Å². The van der Waals surface area contributed by atoms with E-state index >= 15 is 0 Å². The highest BCUT2D eigenvalue weighted by atomic mass is 16.3. The molecule has 1 aliphatic heterocycles. The van der Waals surface area contributed by atoms with E-state index in [4.69, 9.17) is 4.98 Å². The molecule has 0 atom stereocenters. The molecule has 1 saturated heterocycles. The molecular weight excluding hydrogens is 328 g/mol. The smallest absolute Gasteiger partial charge is 0.159 e. The monoisotopic (exact) mass is 348 g/mol. The third kappa shape index (κ3) is 2.48. The third-order valence-electron chi connectivity index (χ3n) is 5.11. The lowest BCUT2D eigenvalue weighted by atomic mass is 10.2. The van der Waals surface area contributed by atoms with Crippen molar-refractivity contribution in [3.8, 4) is 17.3 Å². The Bertz CT molecular complexity index is 1090. The van der Waals surface area contributed by atoms with Gasteiger partial charge < -0.3 is 19.9 Å². The van der Waals surface area contributed by atoms with Gasteiger partial charge in [-0.1, -0.05) is 0 Å². The highest BCUT2D eigenvalue weighted by Gasteiger charge is 2.17. The molecule has 132 valence electrons. The van der Waals surface area contributed by atoms with E-state index in [0.29, 0.717) is 11.5 Å². The Kier molecular flexibility index (Phi) is 3.36. The highest BCUT2D eigenvalue weighted by molar-refractivity contribution is 5.94. The molecule has 2 aromatic carbocycles. The summed E-state index contributed by atoms with van der Waals surface area (Å²) in [5.74, 6) is 0.918. The Balaban J connectivity index is 1.54. The fraction of sp³-hybridized carbons (Fsp3) is 0.263. The average Bonchev–Trinajstić information content (AvgIpc) is 3.24. The van der Waals surface area contributed by atoms with Crippen LogP contribution < -0.4 is 4.90 Å². The molecule has 5 rings (SSSR count). The lowest BCUT2D eigenvalue weighted by Crippen LogP contribution is -2.44. The van der Waals surface area contributed by atoms with Crippen molar-refractivity contribution >= 4 is 27.6 Å². The number of phenolic OH excluding ortho intramolecular Hbond substituents is 1. The van der Waals surface area contributed by atoms with Crippen LogP contribution in [0.4, 0.5) is 5.69 Å². The van der Waals surface area contributed by atoms with Crippen molar-refractivity contribution in [1.29, 1.82) is 0 Å². The molecule has 0 unspecified atom stereocenters. The Morgan fingerprint density at radius 2 is 1.81 bits per heavy atom. The predicted molar refractivity (Wildman–Crippen MR) is 103 cm³/mol. The molecule has 1 fully saturated rings. The molecule has 2 aromatic heterocycles. The molecule has 0 saturated carbocycles. The average molecular weight is 348 g/mol. The normalized spacial score (nSPS) is 16.0. The van der Waals surface area contributed by atoms with E-state index in [9.17, 15) is 5.11 Å². The number of fused-ring (bicyclic) bond motifs is 2. The summed E-state index contributed by atoms with van der Waals surface area (Å²) in [4.78, 5) is 12.8. The van der Waals surface area contributed by atoms with E-state index in [1.54, 1.807) is 12.1 Å². The van der Waals surface area contributed by atoms with E-state index in [-0.39, 0.29) is 5.75 Å². The molecular formula is C19H20N6O. The fourth-order valence-electron chi connectivity index (χ4n) is 3.55. The number of piperazine rings is 1. The Labute approximate surface area is 150 Å². The molecule has 0 radical (unpaired) electrons. The molecule has 0 spiro atoms. The van der Waals surface area contributed by atoms with Crippen LogP contribution in [0.25, 0.3) is 33.5 Å². The number of nitrogens with zero attached hydrogens (tertiary/aromatic N) is 4. The van der Waals surface area contributed by atoms with Gasteiger partial charge in [-0.3, -0.25) is 5.10 Å². The molecule has 0 aliphatic carbocycles. The number of aromatic nitrogens is 4. The quantitative estimate of drug-likeness (QED) is 0.518. The summed E-state index contributed by atoms with van der Waals surface area (Å²) in [6.45, 7) is 4.21. The lowest BCUT2D eigenvalue weighted by molar-refractivity contribution is 0.313. The van der Waals surface area contributed by atoms with Crippen LogP contribution in [0, 0.1) is 0 Å². The van der Waals surface area contributed by atoms with E-state index in [0.717, 1.165) is 48.1 Å². The minimum atomic E-state index is 0.216. The summed E-state index contributed by atoms with van der Waals surface area (Å²) < 4.78 is 0. The van der Waals surface area contributed by atoms with Crippen molar-refractivity contribution in [2.24, 2.45) is 0 Å². The maximum Gasteiger partial charge on any atom is 0.159 e. The first-order chi connectivity index (χ1) is 12.7. The van der Waals surface area contributed by atoms with Crippen molar-refractivity contribution < 1.29 is 5.11 Å². The van der Waals surface area contributed by atoms with Crippen LogP contribution in [-0.4, -0.2) is 63.4 Å². The topological polar surface area (TPSA) is 84.1 Å². The van der Waals surface area contributed by atoms with Gasteiger partial charge in [0.2, 0.25) is 0 Å². The summed E-state index contributed by atoms with van der Waals surface area (Å²) in [5.41, 5.74) is 4.69. The first-order valence-corrected chi connectivity index (χ1v) is 8.78. The van der Waals surface area contributed by atoms with Crippen LogP contribution in [0.2, 0.25) is 0 Å². The third-order valence-corrected chi connectivity index (χ3v) is 5.11. The van der Waals surface area contributed by atoms with Gasteiger partial charge in [-0.15, -0.1) is 0 Å². The second kappa shape index (κ2) is 5.74. The van der Waals surface area contributed by atoms with Crippen molar-refractivity contribution in [2.75, 3.05) is 38.1 Å². The standard InChI is InChI=1S/C19H20N6O/c1-24-6-8-25(9-7-24)12-2-4-16-17(10-12)21-19(20-16)18-14-11-13(26)3-5-15(14)22-23-18/h2-5,10-11,26H,6-9H2,1H3,(H,20,21)(H,22,23). The van der Waals surface area contributed by atoms with Gasteiger partial charge in [-0.2, -0.15) is 5.10 Å². The van der Waals surface area contributed by atoms with Gasteiger partial charge in [0, 0.05) is 37.3 Å². The van der Waals surface area contributed by atoms with Crippen LogP contribution in [0.3, 0.4) is 0 Å². The zero-order chi connectivity index (χ0) is 17.7. The zero-order valence-corrected chi connectivity index (χ0v) is 14.5. The molecule has 7 heteroatoms. The molecule has 26 heavy (non-hydrogen) atoms. The van der Waals surface area contributed by atoms with E-state index in [2.05, 4.69) is 50.2 Å². The van der Waals surface area contributed by atoms with Gasteiger partial charge in [0.1, 0.15) is 11.4 Å². The van der Waals surface area contributed by atoms with Gasteiger partial charge in [0.25, 0.3) is 0 Å². The molecule has 0 bridgehead atoms. The minimum Gasteiger partial charge on any atom is -0.508 e. The number of aromatic amines is 2. The molecule has 1 aliphatic rings. The summed E-state index contributed by atoms with van der Waals surface area (Å²) in [7, 11) is 2.16. The zero-order valence-electron chi connectivity index (χ0n) is 14.5. The van der Waals surface area contributed by atoms with Crippen molar-refractivity contribution in [3.05, 3.63) is 36.4 Å². The van der Waals surface area contributed by atoms with E-state index in [1.807, 2.05) is 6.07 Å². The van der Waals surface area contributed by atoms with Crippen LogP contribution in [0.15, 0.2) is 36.4 Å². The molecule has 7 nitrogen and oxygen atoms in total. The Morgan fingerprint density at radius 1 is 1.00 bits per heavy atom. The number of nitrogens with one attached hydrogen (secondary N) is 2. The maximum absolute atomic E-state index is 9.78. The number of likely N-dealkylation sites (N-methyl/N-ethyl adjacent to an activating group) is 1. The van der Waals surface area contributed by atoms with Gasteiger partial charge >= 0.3 is 0 Å². The summed E-state index contributed by atoms with van der Waals surface area (Å²) in [6.07, 6.45) is 0. The number of phenols is 1. The number of benzene rings is 2. The fourth-order valence-corrected chi connectivity index (χ4v) is 3.55. The van der Waals surface area contributed by atoms with E-state index in [1.165, 1.54) is 5.69 Å². The lowest BCUT2D eigenvalue weighted by Gasteiger charge is -2.34. The highest BCUT2D eigenvalue weighted by Crippen LogP contribution is 2.29. The first-order valence-electron chi connectivity index (χ1n) is 8.78. The number of aromatic hydroxyl groups is 1. The second-order valence-electron chi connectivity index (χ2n) is 6.88. The number of H-pyrrole nitrogens is 2. The SMILES string of the molecule is CN1CCN(c2ccc3[nH]c(-c4n[nH]c5ccc(O)cc45)nc3c2)CC1. The van der Waals surface area contributed by atoms with Gasteiger partial charge in [0.05, 0.1) is 16.6 Å². The van der Waals surface area contributed by atoms with E-state index < -0.39 is 0 Å². The van der Waals surface area contributed by atoms with Gasteiger partial charge in [0.15, 0.2) is 5.82 Å². The number of hydrogen-bond donors (Lipinski definition) is 3. The predicted octanol–water partition coefficient (Wildman–Crippen LogP) is 2.56. The summed E-state index contributed by atoms with van der Waals surface area (Å²) >= 11 is 0. The Morgan fingerprint density at radius 3 is 2.65 bits per heavy atom. The number of anilines is 1. The Hall–Kier alpha value is -3.06. The summed E-state index contributed by atoms with van der Waals surface area (Å²) in [6, 6.07) is 11.5. The molecule has 3 N–H and O–H groups in total. The molecule has 4 aromatic rings. The van der Waals surface area contributed by atoms with Crippen LogP contribution in [0.5, 0.6) is 5.75 Å². The molecule has 0 amide bonds.